The molecule has 0 atom stereocenters. The number of benzene rings is 1. The molecule has 0 aliphatic carbocycles. The third-order valence-corrected chi connectivity index (χ3v) is 4.12. The van der Waals surface area contributed by atoms with Gasteiger partial charge in [-0.15, -0.1) is 0 Å². The van der Waals surface area contributed by atoms with Crippen LogP contribution in [0.5, 0.6) is 17.2 Å². The Labute approximate surface area is 136 Å². The van der Waals surface area contributed by atoms with Crippen molar-refractivity contribution >= 4 is 17.7 Å². The van der Waals surface area contributed by atoms with Crippen molar-refractivity contribution in [3.63, 3.8) is 0 Å². The van der Waals surface area contributed by atoms with Crippen molar-refractivity contribution in [3.05, 3.63) is 17.7 Å². The van der Waals surface area contributed by atoms with Gasteiger partial charge in [-0.2, -0.15) is 11.8 Å². The standard InChI is InChI=1S/C16H25NO4S/c1-16(2,3)22-8-7-17-15(18)11-9-12(19-4)14(21-6)13(10-11)20-5/h9-10H,7-8H2,1-6H3,(H,17,18). The van der Waals surface area contributed by atoms with E-state index in [2.05, 4.69) is 26.1 Å². The second-order valence-corrected chi connectivity index (χ2v) is 7.55. The molecule has 0 aliphatic heterocycles. The first-order chi connectivity index (χ1) is 10.3. The highest BCUT2D eigenvalue weighted by Crippen LogP contribution is 2.38. The lowest BCUT2D eigenvalue weighted by Gasteiger charge is -2.17. The number of ether oxygens (including phenoxy) is 3. The molecule has 6 heteroatoms. The Morgan fingerprint density at radius 2 is 1.64 bits per heavy atom. The monoisotopic (exact) mass is 327 g/mol. The predicted octanol–water partition coefficient (Wildman–Crippen LogP) is 2.97. The van der Waals surface area contributed by atoms with Crippen LogP contribution in [0.15, 0.2) is 12.1 Å². The summed E-state index contributed by atoms with van der Waals surface area (Å²) >= 11 is 1.81. The Morgan fingerprint density at radius 3 is 2.05 bits per heavy atom. The first-order valence-electron chi connectivity index (χ1n) is 7.04. The zero-order valence-electron chi connectivity index (χ0n) is 14.1. The lowest BCUT2D eigenvalue weighted by molar-refractivity contribution is 0.0955. The molecule has 1 aromatic carbocycles. The van der Waals surface area contributed by atoms with E-state index in [0.29, 0.717) is 29.4 Å². The number of thioether (sulfide) groups is 1. The molecule has 0 spiro atoms. The summed E-state index contributed by atoms with van der Waals surface area (Å²) in [5.41, 5.74) is 0.482. The summed E-state index contributed by atoms with van der Waals surface area (Å²) in [4.78, 5) is 12.2. The summed E-state index contributed by atoms with van der Waals surface area (Å²) in [5.74, 6) is 2.12. The minimum Gasteiger partial charge on any atom is -0.493 e. The third-order valence-electron chi connectivity index (χ3n) is 2.85. The quantitative estimate of drug-likeness (QED) is 0.780. The van der Waals surface area contributed by atoms with Crippen LogP contribution >= 0.6 is 11.8 Å². The predicted molar refractivity (Wildman–Crippen MR) is 90.6 cm³/mol. The molecule has 1 N–H and O–H groups in total. The first kappa shape index (κ1) is 18.5. The van der Waals surface area contributed by atoms with Gasteiger partial charge in [0, 0.05) is 22.6 Å². The Bertz CT molecular complexity index is 486. The Kier molecular flexibility index (Phi) is 6.87. The molecule has 0 saturated heterocycles. The zero-order chi connectivity index (χ0) is 16.8. The molecule has 0 aromatic heterocycles. The van der Waals surface area contributed by atoms with Crippen LogP contribution in [0, 0.1) is 0 Å². The van der Waals surface area contributed by atoms with E-state index in [1.165, 1.54) is 21.3 Å². The summed E-state index contributed by atoms with van der Waals surface area (Å²) in [6.45, 7) is 7.06. The van der Waals surface area contributed by atoms with Gasteiger partial charge < -0.3 is 19.5 Å². The lowest BCUT2D eigenvalue weighted by atomic mass is 10.1. The van der Waals surface area contributed by atoms with E-state index in [1.54, 1.807) is 12.1 Å². The highest BCUT2D eigenvalue weighted by atomic mass is 32.2. The van der Waals surface area contributed by atoms with E-state index in [0.717, 1.165) is 5.75 Å². The van der Waals surface area contributed by atoms with Crippen LogP contribution in [0.25, 0.3) is 0 Å². The van der Waals surface area contributed by atoms with Crippen LogP contribution in [0.1, 0.15) is 31.1 Å². The van der Waals surface area contributed by atoms with Crippen molar-refractivity contribution in [1.29, 1.82) is 0 Å². The summed E-state index contributed by atoms with van der Waals surface area (Å²) in [6.07, 6.45) is 0. The van der Waals surface area contributed by atoms with Crippen molar-refractivity contribution in [2.24, 2.45) is 0 Å². The van der Waals surface area contributed by atoms with Crippen molar-refractivity contribution in [3.8, 4) is 17.2 Å². The second kappa shape index (κ2) is 8.17. The van der Waals surface area contributed by atoms with Crippen LogP contribution in [0.4, 0.5) is 0 Å². The average molecular weight is 327 g/mol. The summed E-state index contributed by atoms with van der Waals surface area (Å²) in [7, 11) is 4.59. The molecule has 22 heavy (non-hydrogen) atoms. The molecule has 0 aliphatic rings. The van der Waals surface area contributed by atoms with Gasteiger partial charge in [0.15, 0.2) is 11.5 Å². The molecule has 0 radical (unpaired) electrons. The van der Waals surface area contributed by atoms with Gasteiger partial charge in [-0.3, -0.25) is 4.79 Å². The number of hydrogen-bond donors (Lipinski definition) is 1. The minimum atomic E-state index is -0.159. The zero-order valence-corrected chi connectivity index (χ0v) is 14.9. The van der Waals surface area contributed by atoms with E-state index in [1.807, 2.05) is 11.8 Å². The maximum Gasteiger partial charge on any atom is 0.251 e. The van der Waals surface area contributed by atoms with Crippen molar-refractivity contribution < 1.29 is 19.0 Å². The molecule has 0 saturated carbocycles. The van der Waals surface area contributed by atoms with Gasteiger partial charge in [-0.25, -0.2) is 0 Å². The molecule has 1 rings (SSSR count). The molecule has 1 aromatic rings. The minimum absolute atomic E-state index is 0.159. The highest BCUT2D eigenvalue weighted by molar-refractivity contribution is 8.00. The van der Waals surface area contributed by atoms with Gasteiger partial charge in [0.25, 0.3) is 5.91 Å². The van der Waals surface area contributed by atoms with Crippen LogP contribution in [0.2, 0.25) is 0 Å². The highest BCUT2D eigenvalue weighted by Gasteiger charge is 2.17. The Hall–Kier alpha value is -1.56. The van der Waals surface area contributed by atoms with Crippen LogP contribution in [-0.2, 0) is 0 Å². The molecule has 0 bridgehead atoms. The molecule has 0 heterocycles. The van der Waals surface area contributed by atoms with E-state index in [-0.39, 0.29) is 10.7 Å². The van der Waals surface area contributed by atoms with Crippen molar-refractivity contribution in [1.82, 2.24) is 5.32 Å². The summed E-state index contributed by atoms with van der Waals surface area (Å²) < 4.78 is 15.9. The number of nitrogens with one attached hydrogen (secondary N) is 1. The molecule has 0 fully saturated rings. The van der Waals surface area contributed by atoms with Gasteiger partial charge >= 0.3 is 0 Å². The maximum absolute atomic E-state index is 12.2. The van der Waals surface area contributed by atoms with Crippen LogP contribution in [-0.4, -0.2) is 44.3 Å². The largest absolute Gasteiger partial charge is 0.493 e. The van der Waals surface area contributed by atoms with Gasteiger partial charge in [-0.05, 0) is 12.1 Å². The molecule has 1 amide bonds. The first-order valence-corrected chi connectivity index (χ1v) is 8.03. The van der Waals surface area contributed by atoms with Gasteiger partial charge in [-0.1, -0.05) is 20.8 Å². The molecular formula is C16H25NO4S. The van der Waals surface area contributed by atoms with Crippen molar-refractivity contribution in [2.45, 2.75) is 25.5 Å². The van der Waals surface area contributed by atoms with E-state index in [4.69, 9.17) is 14.2 Å². The Morgan fingerprint density at radius 1 is 1.09 bits per heavy atom. The topological polar surface area (TPSA) is 56.8 Å². The Balaban J connectivity index is 2.77. The van der Waals surface area contributed by atoms with E-state index < -0.39 is 0 Å². The van der Waals surface area contributed by atoms with Gasteiger partial charge in [0.2, 0.25) is 5.75 Å². The average Bonchev–Trinajstić information content (AvgIpc) is 2.48. The molecule has 5 nitrogen and oxygen atoms in total. The number of amides is 1. The summed E-state index contributed by atoms with van der Waals surface area (Å²) in [5, 5.41) is 2.90. The van der Waals surface area contributed by atoms with E-state index >= 15 is 0 Å². The normalized spacial score (nSPS) is 11.0. The molecule has 124 valence electrons. The van der Waals surface area contributed by atoms with Gasteiger partial charge in [0.1, 0.15) is 0 Å². The number of carbonyl (C=O) groups excluding carboxylic acids is 1. The fourth-order valence-corrected chi connectivity index (χ4v) is 2.65. The molecular weight excluding hydrogens is 302 g/mol. The van der Waals surface area contributed by atoms with Gasteiger partial charge in [0.05, 0.1) is 21.3 Å². The number of hydrogen-bond acceptors (Lipinski definition) is 5. The summed E-state index contributed by atoms with van der Waals surface area (Å²) in [6, 6.07) is 3.29. The third kappa shape index (κ3) is 5.33. The van der Waals surface area contributed by atoms with E-state index in [9.17, 15) is 4.79 Å². The SMILES string of the molecule is COc1cc(C(=O)NCCSC(C)(C)C)cc(OC)c1OC. The van der Waals surface area contributed by atoms with Crippen molar-refractivity contribution in [2.75, 3.05) is 33.6 Å². The number of methoxy groups -OCH3 is 3. The molecule has 0 unspecified atom stereocenters. The maximum atomic E-state index is 12.2. The second-order valence-electron chi connectivity index (χ2n) is 5.63. The number of rotatable bonds is 7. The fraction of sp³-hybridized carbons (Fsp3) is 0.562. The number of carbonyl (C=O) groups is 1. The fourth-order valence-electron chi connectivity index (χ4n) is 1.84. The lowest BCUT2D eigenvalue weighted by Crippen LogP contribution is -2.27. The smallest absolute Gasteiger partial charge is 0.251 e. The van der Waals surface area contributed by atoms with Crippen LogP contribution in [0.3, 0.4) is 0 Å². The van der Waals surface area contributed by atoms with Crippen LogP contribution < -0.4 is 19.5 Å².